The van der Waals surface area contributed by atoms with E-state index in [1.807, 2.05) is 0 Å². The molecule has 0 aromatic carbocycles. The average molecular weight is 253 g/mol. The lowest BCUT2D eigenvalue weighted by Crippen LogP contribution is -2.34. The maximum atomic E-state index is 4.57. The summed E-state index contributed by atoms with van der Waals surface area (Å²) in [7, 11) is 2.21. The molecule has 0 radical (unpaired) electrons. The number of hydrogen-bond acceptors (Lipinski definition) is 4. The highest BCUT2D eigenvalue weighted by atomic mass is 32.1. The Bertz CT molecular complexity index is 329. The van der Waals surface area contributed by atoms with Crippen molar-refractivity contribution in [1.29, 1.82) is 0 Å². The zero-order valence-electron chi connectivity index (χ0n) is 10.9. The number of piperidine rings is 1. The molecule has 0 aliphatic carbocycles. The van der Waals surface area contributed by atoms with Gasteiger partial charge >= 0.3 is 0 Å². The van der Waals surface area contributed by atoms with Crippen LogP contribution in [-0.2, 0) is 13.0 Å². The number of thiazole rings is 1. The Morgan fingerprint density at radius 1 is 1.47 bits per heavy atom. The minimum absolute atomic E-state index is 0.857. The quantitative estimate of drug-likeness (QED) is 0.871. The van der Waals surface area contributed by atoms with E-state index in [2.05, 4.69) is 34.6 Å². The minimum Gasteiger partial charge on any atom is -0.311 e. The van der Waals surface area contributed by atoms with Gasteiger partial charge in [-0.05, 0) is 51.9 Å². The van der Waals surface area contributed by atoms with Gasteiger partial charge in [-0.25, -0.2) is 4.98 Å². The fourth-order valence-electron chi connectivity index (χ4n) is 2.26. The molecule has 1 aromatic heterocycles. The van der Waals surface area contributed by atoms with Crippen molar-refractivity contribution < 1.29 is 0 Å². The number of aromatic nitrogens is 1. The molecular formula is C13H23N3S. The highest BCUT2D eigenvalue weighted by molar-refractivity contribution is 7.09. The molecule has 1 saturated heterocycles. The van der Waals surface area contributed by atoms with Crippen LogP contribution in [0.5, 0.6) is 0 Å². The van der Waals surface area contributed by atoms with E-state index in [-0.39, 0.29) is 0 Å². The molecular weight excluding hydrogens is 230 g/mol. The van der Waals surface area contributed by atoms with Crippen LogP contribution in [0.3, 0.4) is 0 Å². The van der Waals surface area contributed by atoms with Crippen LogP contribution >= 0.6 is 11.3 Å². The summed E-state index contributed by atoms with van der Waals surface area (Å²) in [4.78, 5) is 6.99. The summed E-state index contributed by atoms with van der Waals surface area (Å²) >= 11 is 1.78. The van der Waals surface area contributed by atoms with Crippen molar-refractivity contribution in [3.63, 3.8) is 0 Å². The zero-order valence-corrected chi connectivity index (χ0v) is 11.7. The number of nitrogens with zero attached hydrogens (tertiary/aromatic N) is 2. The second-order valence-electron chi connectivity index (χ2n) is 4.96. The van der Waals surface area contributed by atoms with Gasteiger partial charge in [0.15, 0.2) is 0 Å². The molecule has 1 aromatic rings. The first-order valence-electron chi connectivity index (χ1n) is 6.60. The highest BCUT2D eigenvalue weighted by Gasteiger charge is 2.15. The van der Waals surface area contributed by atoms with Gasteiger partial charge in [-0.3, -0.25) is 0 Å². The first kappa shape index (κ1) is 13.0. The van der Waals surface area contributed by atoms with Crippen molar-refractivity contribution in [2.75, 3.05) is 26.7 Å². The Hall–Kier alpha value is -0.450. The summed E-state index contributed by atoms with van der Waals surface area (Å²) in [6.45, 7) is 6.75. The van der Waals surface area contributed by atoms with Crippen molar-refractivity contribution in [2.45, 2.75) is 32.7 Å². The molecule has 1 N–H and O–H groups in total. The van der Waals surface area contributed by atoms with Crippen molar-refractivity contribution in [1.82, 2.24) is 15.2 Å². The van der Waals surface area contributed by atoms with Crippen molar-refractivity contribution >= 4 is 11.3 Å². The predicted molar refractivity (Wildman–Crippen MR) is 73.4 cm³/mol. The summed E-state index contributed by atoms with van der Waals surface area (Å²) < 4.78 is 0. The number of nitrogens with one attached hydrogen (secondary N) is 1. The van der Waals surface area contributed by atoms with E-state index in [0.717, 1.165) is 25.4 Å². The molecule has 1 aliphatic rings. The normalized spacial score (nSPS) is 18.7. The van der Waals surface area contributed by atoms with E-state index in [1.165, 1.54) is 36.6 Å². The van der Waals surface area contributed by atoms with Crippen LogP contribution in [0, 0.1) is 5.92 Å². The molecule has 3 nitrogen and oxygen atoms in total. The van der Waals surface area contributed by atoms with E-state index in [9.17, 15) is 0 Å². The average Bonchev–Trinajstić information content (AvgIpc) is 2.80. The van der Waals surface area contributed by atoms with Gasteiger partial charge in [-0.1, -0.05) is 6.92 Å². The Balaban J connectivity index is 1.65. The SMILES string of the molecule is CCc1nc(CNCC2CCN(C)CC2)cs1. The van der Waals surface area contributed by atoms with Crippen molar-refractivity contribution in [3.8, 4) is 0 Å². The number of likely N-dealkylation sites (tertiary alicyclic amines) is 1. The third kappa shape index (κ3) is 4.05. The molecule has 1 aliphatic heterocycles. The van der Waals surface area contributed by atoms with Gasteiger partial charge in [0.2, 0.25) is 0 Å². The van der Waals surface area contributed by atoms with Crippen LogP contribution in [0.25, 0.3) is 0 Å². The zero-order chi connectivity index (χ0) is 12.1. The number of aryl methyl sites for hydroxylation is 1. The molecule has 0 amide bonds. The number of hydrogen-bond donors (Lipinski definition) is 1. The molecule has 17 heavy (non-hydrogen) atoms. The van der Waals surface area contributed by atoms with Crippen LogP contribution < -0.4 is 5.32 Å². The van der Waals surface area contributed by atoms with Gasteiger partial charge in [-0.15, -0.1) is 11.3 Å². The fourth-order valence-corrected chi connectivity index (χ4v) is 3.01. The molecule has 1 fully saturated rings. The summed E-state index contributed by atoms with van der Waals surface area (Å²) in [5.41, 5.74) is 1.21. The predicted octanol–water partition coefficient (Wildman–Crippen LogP) is 2.14. The molecule has 0 unspecified atom stereocenters. The number of rotatable bonds is 5. The summed E-state index contributed by atoms with van der Waals surface area (Å²) in [6, 6.07) is 0. The largest absolute Gasteiger partial charge is 0.311 e. The topological polar surface area (TPSA) is 28.2 Å². The standard InChI is InChI=1S/C13H23N3S/c1-3-13-15-12(10-17-13)9-14-8-11-4-6-16(2)7-5-11/h10-11,14H,3-9H2,1-2H3. The smallest absolute Gasteiger partial charge is 0.0926 e. The van der Waals surface area contributed by atoms with Crippen LogP contribution in [0.4, 0.5) is 0 Å². The molecule has 96 valence electrons. The van der Waals surface area contributed by atoms with E-state index in [1.54, 1.807) is 11.3 Å². The Labute approximate surface area is 108 Å². The van der Waals surface area contributed by atoms with Crippen LogP contribution in [0.1, 0.15) is 30.5 Å². The second-order valence-corrected chi connectivity index (χ2v) is 5.91. The lowest BCUT2D eigenvalue weighted by Gasteiger charge is -2.28. The van der Waals surface area contributed by atoms with Gasteiger partial charge in [0.05, 0.1) is 10.7 Å². The van der Waals surface area contributed by atoms with Crippen LogP contribution in [0.15, 0.2) is 5.38 Å². The van der Waals surface area contributed by atoms with Gasteiger partial charge in [-0.2, -0.15) is 0 Å². The summed E-state index contributed by atoms with van der Waals surface area (Å²) in [5.74, 6) is 0.857. The Morgan fingerprint density at radius 2 is 2.24 bits per heavy atom. The van der Waals surface area contributed by atoms with Crippen LogP contribution in [-0.4, -0.2) is 36.6 Å². The summed E-state index contributed by atoms with van der Waals surface area (Å²) in [5, 5.41) is 6.98. The molecule has 0 bridgehead atoms. The maximum absolute atomic E-state index is 4.57. The van der Waals surface area contributed by atoms with E-state index in [4.69, 9.17) is 0 Å². The van der Waals surface area contributed by atoms with E-state index in [0.29, 0.717) is 0 Å². The van der Waals surface area contributed by atoms with Crippen LogP contribution in [0.2, 0.25) is 0 Å². The minimum atomic E-state index is 0.857. The van der Waals surface area contributed by atoms with Gasteiger partial charge in [0, 0.05) is 11.9 Å². The molecule has 4 heteroatoms. The maximum Gasteiger partial charge on any atom is 0.0926 e. The Morgan fingerprint density at radius 3 is 2.88 bits per heavy atom. The second kappa shape index (κ2) is 6.47. The van der Waals surface area contributed by atoms with Gasteiger partial charge < -0.3 is 10.2 Å². The third-order valence-corrected chi connectivity index (χ3v) is 4.52. The molecule has 2 heterocycles. The lowest BCUT2D eigenvalue weighted by molar-refractivity contribution is 0.216. The monoisotopic (exact) mass is 253 g/mol. The first-order chi connectivity index (χ1) is 8.28. The van der Waals surface area contributed by atoms with Crippen molar-refractivity contribution in [3.05, 3.63) is 16.1 Å². The van der Waals surface area contributed by atoms with Gasteiger partial charge in [0.25, 0.3) is 0 Å². The van der Waals surface area contributed by atoms with Crippen molar-refractivity contribution in [2.24, 2.45) is 5.92 Å². The molecule has 0 saturated carbocycles. The lowest BCUT2D eigenvalue weighted by atomic mass is 9.97. The fraction of sp³-hybridized carbons (Fsp3) is 0.769. The highest BCUT2D eigenvalue weighted by Crippen LogP contribution is 2.15. The molecule has 0 spiro atoms. The molecule has 2 rings (SSSR count). The summed E-state index contributed by atoms with van der Waals surface area (Å²) in [6.07, 6.45) is 3.72. The van der Waals surface area contributed by atoms with Gasteiger partial charge in [0.1, 0.15) is 0 Å². The molecule has 0 atom stereocenters. The van der Waals surface area contributed by atoms with E-state index >= 15 is 0 Å². The first-order valence-corrected chi connectivity index (χ1v) is 7.48. The Kier molecular flexibility index (Phi) is 4.95. The third-order valence-electron chi connectivity index (χ3n) is 3.48. The van der Waals surface area contributed by atoms with E-state index < -0.39 is 0 Å².